The highest BCUT2D eigenvalue weighted by molar-refractivity contribution is 5.72. The highest BCUT2D eigenvalue weighted by Crippen LogP contribution is 2.16. The van der Waals surface area contributed by atoms with Crippen LogP contribution in [-0.4, -0.2) is 60.6 Å². The van der Waals surface area contributed by atoms with Crippen molar-refractivity contribution in [1.82, 2.24) is 9.80 Å². The van der Waals surface area contributed by atoms with Gasteiger partial charge in [0.15, 0.2) is 0 Å². The zero-order chi connectivity index (χ0) is 11.3. The first-order chi connectivity index (χ1) is 7.13. The predicted molar refractivity (Wildman–Crippen MR) is 59.6 cm³/mol. The molecule has 0 bridgehead atoms. The van der Waals surface area contributed by atoms with Crippen molar-refractivity contribution in [3.8, 4) is 0 Å². The van der Waals surface area contributed by atoms with Gasteiger partial charge in [-0.3, -0.25) is 4.79 Å². The van der Waals surface area contributed by atoms with E-state index >= 15 is 0 Å². The van der Waals surface area contributed by atoms with E-state index in [9.17, 15) is 4.79 Å². The normalized spacial score (nSPS) is 22.7. The molecule has 0 aromatic heterocycles. The van der Waals surface area contributed by atoms with E-state index in [4.69, 9.17) is 5.11 Å². The smallest absolute Gasteiger partial charge is 0.219 e. The van der Waals surface area contributed by atoms with Crippen LogP contribution in [0.1, 0.15) is 19.8 Å². The van der Waals surface area contributed by atoms with Crippen molar-refractivity contribution in [2.75, 3.05) is 39.8 Å². The van der Waals surface area contributed by atoms with Gasteiger partial charge in [-0.05, 0) is 25.3 Å². The number of nitrogens with zero attached hydrogens (tertiary/aromatic N) is 2. The minimum atomic E-state index is 0.134. The lowest BCUT2D eigenvalue weighted by molar-refractivity contribution is -0.128. The van der Waals surface area contributed by atoms with Gasteiger partial charge in [0, 0.05) is 33.6 Å². The maximum atomic E-state index is 11.1. The highest BCUT2D eigenvalue weighted by atomic mass is 16.3. The first-order valence-electron chi connectivity index (χ1n) is 5.68. The molecule has 0 aromatic rings. The number of piperidine rings is 1. The van der Waals surface area contributed by atoms with Gasteiger partial charge in [0.1, 0.15) is 0 Å². The van der Waals surface area contributed by atoms with Crippen molar-refractivity contribution >= 4 is 5.91 Å². The van der Waals surface area contributed by atoms with Crippen LogP contribution in [0.15, 0.2) is 0 Å². The fraction of sp³-hybridized carbons (Fsp3) is 0.909. The van der Waals surface area contributed by atoms with E-state index in [0.717, 1.165) is 26.2 Å². The fourth-order valence-electron chi connectivity index (χ4n) is 2.16. The van der Waals surface area contributed by atoms with Crippen LogP contribution in [0.2, 0.25) is 0 Å². The Morgan fingerprint density at radius 3 is 2.93 bits per heavy atom. The van der Waals surface area contributed by atoms with Gasteiger partial charge < -0.3 is 14.9 Å². The van der Waals surface area contributed by atoms with Crippen molar-refractivity contribution in [3.05, 3.63) is 0 Å². The van der Waals surface area contributed by atoms with Crippen LogP contribution in [0.5, 0.6) is 0 Å². The van der Waals surface area contributed by atoms with Gasteiger partial charge in [-0.2, -0.15) is 0 Å². The monoisotopic (exact) mass is 214 g/mol. The number of carbonyl (C=O) groups excluding carboxylic acids is 1. The van der Waals surface area contributed by atoms with E-state index in [2.05, 4.69) is 4.90 Å². The van der Waals surface area contributed by atoms with Crippen molar-refractivity contribution in [2.24, 2.45) is 5.92 Å². The molecule has 1 saturated heterocycles. The molecule has 1 atom stereocenters. The van der Waals surface area contributed by atoms with Crippen molar-refractivity contribution in [1.29, 1.82) is 0 Å². The van der Waals surface area contributed by atoms with Gasteiger partial charge in [0.25, 0.3) is 0 Å². The molecule has 15 heavy (non-hydrogen) atoms. The maximum absolute atomic E-state index is 11.1. The van der Waals surface area contributed by atoms with Crippen LogP contribution in [0.25, 0.3) is 0 Å². The summed E-state index contributed by atoms with van der Waals surface area (Å²) in [6, 6.07) is 0. The lowest BCUT2D eigenvalue weighted by atomic mass is 9.97. The van der Waals surface area contributed by atoms with Gasteiger partial charge in [-0.25, -0.2) is 0 Å². The van der Waals surface area contributed by atoms with Crippen molar-refractivity contribution in [2.45, 2.75) is 19.8 Å². The number of hydrogen-bond acceptors (Lipinski definition) is 3. The number of carbonyl (C=O) groups is 1. The van der Waals surface area contributed by atoms with E-state index in [1.807, 2.05) is 7.05 Å². The first kappa shape index (κ1) is 12.5. The van der Waals surface area contributed by atoms with Crippen molar-refractivity contribution in [3.63, 3.8) is 0 Å². The summed E-state index contributed by atoms with van der Waals surface area (Å²) in [6.07, 6.45) is 2.37. The van der Waals surface area contributed by atoms with E-state index in [1.165, 1.54) is 12.8 Å². The zero-order valence-corrected chi connectivity index (χ0v) is 9.78. The van der Waals surface area contributed by atoms with Crippen molar-refractivity contribution < 1.29 is 9.90 Å². The number of aliphatic hydroxyl groups is 1. The second-order valence-electron chi connectivity index (χ2n) is 4.43. The summed E-state index contributed by atoms with van der Waals surface area (Å²) in [5.41, 5.74) is 0. The van der Waals surface area contributed by atoms with Gasteiger partial charge >= 0.3 is 0 Å². The summed E-state index contributed by atoms with van der Waals surface area (Å²) in [5.74, 6) is 0.702. The van der Waals surface area contributed by atoms with Gasteiger partial charge in [0.2, 0.25) is 5.91 Å². The molecule has 1 rings (SSSR count). The Labute approximate surface area is 91.9 Å². The maximum Gasteiger partial charge on any atom is 0.219 e. The van der Waals surface area contributed by atoms with E-state index in [1.54, 1.807) is 11.8 Å². The molecule has 1 aliphatic heterocycles. The van der Waals surface area contributed by atoms with E-state index in [-0.39, 0.29) is 12.5 Å². The average Bonchev–Trinajstić information content (AvgIpc) is 2.18. The summed E-state index contributed by atoms with van der Waals surface area (Å²) in [6.45, 7) is 5.54. The summed E-state index contributed by atoms with van der Waals surface area (Å²) >= 11 is 0. The average molecular weight is 214 g/mol. The second kappa shape index (κ2) is 6.08. The Bertz CT molecular complexity index is 207. The van der Waals surface area contributed by atoms with Gasteiger partial charge in [-0.15, -0.1) is 0 Å². The Kier molecular flexibility index (Phi) is 5.05. The molecule has 4 nitrogen and oxygen atoms in total. The molecule has 0 spiro atoms. The Balaban J connectivity index is 2.32. The number of rotatable bonds is 4. The molecule has 1 heterocycles. The van der Waals surface area contributed by atoms with Gasteiger partial charge in [0.05, 0.1) is 6.61 Å². The SMILES string of the molecule is CC(=O)N(C)C[C@@H]1CCCN(CCO)C1. The zero-order valence-electron chi connectivity index (χ0n) is 9.78. The number of β-amino-alcohol motifs (C(OH)–C–C–N with tert-alkyl or cyclic N) is 1. The van der Waals surface area contributed by atoms with Crippen LogP contribution in [0, 0.1) is 5.92 Å². The summed E-state index contributed by atoms with van der Waals surface area (Å²) in [5, 5.41) is 8.87. The Morgan fingerprint density at radius 2 is 2.33 bits per heavy atom. The molecule has 1 fully saturated rings. The summed E-state index contributed by atoms with van der Waals surface area (Å²) < 4.78 is 0. The molecule has 0 radical (unpaired) electrons. The summed E-state index contributed by atoms with van der Waals surface area (Å²) in [7, 11) is 1.85. The standard InChI is InChI=1S/C11H22N2O2/c1-10(15)12(2)8-11-4-3-5-13(9-11)6-7-14/h11,14H,3-9H2,1-2H3/t11-/m0/s1. The molecule has 0 saturated carbocycles. The quantitative estimate of drug-likeness (QED) is 0.725. The lowest BCUT2D eigenvalue weighted by Crippen LogP contribution is -2.42. The summed E-state index contributed by atoms with van der Waals surface area (Å²) in [4.78, 5) is 15.2. The Morgan fingerprint density at radius 1 is 1.60 bits per heavy atom. The number of aliphatic hydroxyl groups excluding tert-OH is 1. The van der Waals surface area contributed by atoms with Crippen LogP contribution in [0.4, 0.5) is 0 Å². The first-order valence-corrected chi connectivity index (χ1v) is 5.68. The van der Waals surface area contributed by atoms with E-state index < -0.39 is 0 Å². The number of hydrogen-bond donors (Lipinski definition) is 1. The van der Waals surface area contributed by atoms with Crippen LogP contribution in [0.3, 0.4) is 0 Å². The number of amides is 1. The molecule has 0 aromatic carbocycles. The molecule has 0 aliphatic carbocycles. The topological polar surface area (TPSA) is 43.8 Å². The number of likely N-dealkylation sites (tertiary alicyclic amines) is 1. The second-order valence-corrected chi connectivity index (χ2v) is 4.43. The minimum absolute atomic E-state index is 0.134. The third-order valence-electron chi connectivity index (χ3n) is 3.09. The molecular weight excluding hydrogens is 192 g/mol. The highest BCUT2D eigenvalue weighted by Gasteiger charge is 2.21. The molecule has 1 aliphatic rings. The molecule has 0 unspecified atom stereocenters. The van der Waals surface area contributed by atoms with Crippen LogP contribution >= 0.6 is 0 Å². The lowest BCUT2D eigenvalue weighted by Gasteiger charge is -2.34. The molecule has 1 amide bonds. The largest absolute Gasteiger partial charge is 0.395 e. The third kappa shape index (κ3) is 4.18. The fourth-order valence-corrected chi connectivity index (χ4v) is 2.16. The van der Waals surface area contributed by atoms with Crippen LogP contribution in [-0.2, 0) is 4.79 Å². The molecular formula is C11H22N2O2. The predicted octanol–water partition coefficient (Wildman–Crippen LogP) is 0.169. The molecule has 88 valence electrons. The molecule has 1 N–H and O–H groups in total. The van der Waals surface area contributed by atoms with Crippen LogP contribution < -0.4 is 0 Å². The van der Waals surface area contributed by atoms with Gasteiger partial charge in [-0.1, -0.05) is 0 Å². The van der Waals surface area contributed by atoms with E-state index in [0.29, 0.717) is 5.92 Å². The third-order valence-corrected chi connectivity index (χ3v) is 3.09. The Hall–Kier alpha value is -0.610. The minimum Gasteiger partial charge on any atom is -0.395 e. The molecule has 4 heteroatoms.